The zero-order valence-electron chi connectivity index (χ0n) is 12.6. The largest absolute Gasteiger partial charge is 0.504 e. The van der Waals surface area contributed by atoms with E-state index in [1.165, 1.54) is 13.2 Å². The van der Waals surface area contributed by atoms with Crippen LogP contribution in [0.5, 0.6) is 11.5 Å². The summed E-state index contributed by atoms with van der Waals surface area (Å²) in [5.41, 5.74) is 8.15. The number of carbonyl (C=O) groups excluding carboxylic acids is 1. The first-order chi connectivity index (χ1) is 11.4. The fourth-order valence-corrected chi connectivity index (χ4v) is 1.90. The second-order valence-electron chi connectivity index (χ2n) is 4.63. The highest BCUT2D eigenvalue weighted by molar-refractivity contribution is 5.99. The summed E-state index contributed by atoms with van der Waals surface area (Å²) < 4.78 is 4.87. The van der Waals surface area contributed by atoms with Gasteiger partial charge in [0.1, 0.15) is 0 Å². The molecule has 0 atom stereocenters. The van der Waals surface area contributed by atoms with E-state index in [4.69, 9.17) is 10.5 Å². The minimum Gasteiger partial charge on any atom is -0.504 e. The summed E-state index contributed by atoms with van der Waals surface area (Å²) in [6, 6.07) is 8.60. The summed E-state index contributed by atoms with van der Waals surface area (Å²) in [5, 5.41) is 24.5. The third kappa shape index (κ3) is 3.58. The summed E-state index contributed by atoms with van der Waals surface area (Å²) >= 11 is 0. The summed E-state index contributed by atoms with van der Waals surface area (Å²) in [6.07, 6.45) is 1.07. The molecular formula is C15H14N4O5. The van der Waals surface area contributed by atoms with Gasteiger partial charge in [0.25, 0.3) is 11.6 Å². The number of hydrogen-bond acceptors (Lipinski definition) is 7. The topological polar surface area (TPSA) is 140 Å². The van der Waals surface area contributed by atoms with E-state index in [-0.39, 0.29) is 34.0 Å². The Hall–Kier alpha value is -3.62. The highest BCUT2D eigenvalue weighted by Gasteiger charge is 2.16. The van der Waals surface area contributed by atoms with Crippen molar-refractivity contribution in [1.82, 2.24) is 5.43 Å². The molecule has 0 bridgehead atoms. The van der Waals surface area contributed by atoms with E-state index in [1.54, 1.807) is 18.2 Å². The molecule has 0 aliphatic rings. The Balaban J connectivity index is 2.23. The van der Waals surface area contributed by atoms with Crippen LogP contribution in [-0.4, -0.2) is 29.3 Å². The van der Waals surface area contributed by atoms with Crippen molar-refractivity contribution in [3.63, 3.8) is 0 Å². The highest BCUT2D eigenvalue weighted by atomic mass is 16.6. The van der Waals surface area contributed by atoms with Gasteiger partial charge in [-0.3, -0.25) is 14.9 Å². The maximum atomic E-state index is 11.9. The number of aromatic hydroxyl groups is 1. The van der Waals surface area contributed by atoms with Gasteiger partial charge < -0.3 is 15.6 Å². The zero-order chi connectivity index (χ0) is 17.7. The average molecular weight is 330 g/mol. The zero-order valence-corrected chi connectivity index (χ0v) is 12.6. The second-order valence-corrected chi connectivity index (χ2v) is 4.63. The molecule has 9 heteroatoms. The van der Waals surface area contributed by atoms with Crippen LogP contribution >= 0.6 is 0 Å². The molecule has 2 rings (SSSR count). The number of rotatable bonds is 5. The van der Waals surface area contributed by atoms with E-state index in [0.29, 0.717) is 0 Å². The van der Waals surface area contributed by atoms with Crippen LogP contribution in [0.3, 0.4) is 0 Å². The molecule has 0 heterocycles. The van der Waals surface area contributed by atoms with Crippen LogP contribution in [0.1, 0.15) is 15.9 Å². The van der Waals surface area contributed by atoms with E-state index in [9.17, 15) is 20.0 Å². The predicted octanol–water partition coefficient (Wildman–Crippen LogP) is 1.66. The number of hydrazone groups is 1. The number of phenols is 1. The minimum absolute atomic E-state index is 0.0161. The van der Waals surface area contributed by atoms with Crippen molar-refractivity contribution in [2.45, 2.75) is 0 Å². The highest BCUT2D eigenvalue weighted by Crippen LogP contribution is 2.33. The Kier molecular flexibility index (Phi) is 4.95. The van der Waals surface area contributed by atoms with Gasteiger partial charge in [0.05, 0.1) is 29.9 Å². The van der Waals surface area contributed by atoms with Crippen molar-refractivity contribution in [2.75, 3.05) is 12.8 Å². The van der Waals surface area contributed by atoms with Gasteiger partial charge in [0.2, 0.25) is 0 Å². The maximum absolute atomic E-state index is 11.9. The normalized spacial score (nSPS) is 10.5. The van der Waals surface area contributed by atoms with E-state index < -0.39 is 10.8 Å². The molecule has 1 amide bonds. The average Bonchev–Trinajstić information content (AvgIpc) is 2.56. The molecule has 9 nitrogen and oxygen atoms in total. The number of hydrogen-bond donors (Lipinski definition) is 3. The lowest BCUT2D eigenvalue weighted by Crippen LogP contribution is -2.19. The van der Waals surface area contributed by atoms with Crippen LogP contribution in [0.2, 0.25) is 0 Å². The van der Waals surface area contributed by atoms with Crippen molar-refractivity contribution < 1.29 is 19.6 Å². The number of phenolic OH excluding ortho intramolecular Hbond substituents is 1. The fraction of sp³-hybridized carbons (Fsp3) is 0.0667. The number of benzene rings is 2. The van der Waals surface area contributed by atoms with Crippen LogP contribution < -0.4 is 15.9 Å². The maximum Gasteiger partial charge on any atom is 0.274 e. The van der Waals surface area contributed by atoms with Crippen LogP contribution in [0.25, 0.3) is 0 Å². The van der Waals surface area contributed by atoms with Crippen LogP contribution in [0.15, 0.2) is 41.5 Å². The minimum atomic E-state index is -0.636. The second kappa shape index (κ2) is 7.09. The quantitative estimate of drug-likeness (QED) is 0.329. The number of carbonyl (C=O) groups is 1. The first kappa shape index (κ1) is 16.7. The van der Waals surface area contributed by atoms with Crippen molar-refractivity contribution in [3.8, 4) is 11.5 Å². The number of nitro benzene ring substituents is 1. The molecule has 0 saturated heterocycles. The van der Waals surface area contributed by atoms with Crippen molar-refractivity contribution in [3.05, 3.63) is 57.6 Å². The van der Waals surface area contributed by atoms with Gasteiger partial charge in [-0.05, 0) is 12.1 Å². The molecule has 2 aromatic carbocycles. The van der Waals surface area contributed by atoms with Crippen molar-refractivity contribution in [2.24, 2.45) is 5.10 Å². The van der Waals surface area contributed by atoms with Gasteiger partial charge >= 0.3 is 0 Å². The number of para-hydroxylation sites is 1. The summed E-state index contributed by atoms with van der Waals surface area (Å²) in [5.74, 6) is -0.967. The van der Waals surface area contributed by atoms with Crippen LogP contribution in [0.4, 0.5) is 11.4 Å². The summed E-state index contributed by atoms with van der Waals surface area (Å²) in [6.45, 7) is 0. The van der Waals surface area contributed by atoms with Gasteiger partial charge in [0, 0.05) is 17.3 Å². The molecule has 0 aliphatic carbocycles. The molecule has 4 N–H and O–H groups in total. The number of nitrogens with one attached hydrogen (secondary N) is 1. The fourth-order valence-electron chi connectivity index (χ4n) is 1.90. The number of methoxy groups -OCH3 is 1. The molecular weight excluding hydrogens is 316 g/mol. The standard InChI is InChI=1S/C15H14N4O5/c1-24-13-7-10(19(22)23)6-9(14(13)20)8-17-18-15(21)11-4-2-3-5-12(11)16/h2-8,20H,16H2,1H3,(H,18,21)/b17-8+. The number of ether oxygens (including phenoxy) is 1. The Labute approximate surface area is 136 Å². The molecule has 0 unspecified atom stereocenters. The molecule has 0 aromatic heterocycles. The number of nitrogens with two attached hydrogens (primary N) is 1. The number of nitro groups is 1. The monoisotopic (exact) mass is 330 g/mol. The molecule has 124 valence electrons. The molecule has 24 heavy (non-hydrogen) atoms. The van der Waals surface area contributed by atoms with Crippen molar-refractivity contribution >= 4 is 23.5 Å². The van der Waals surface area contributed by atoms with E-state index in [1.807, 2.05) is 0 Å². The molecule has 0 spiro atoms. The van der Waals surface area contributed by atoms with Crippen LogP contribution in [-0.2, 0) is 0 Å². The summed E-state index contributed by atoms with van der Waals surface area (Å²) in [7, 11) is 1.26. The Morgan fingerprint density at radius 1 is 1.42 bits per heavy atom. The number of non-ortho nitro benzene ring substituents is 1. The Morgan fingerprint density at radius 2 is 2.12 bits per heavy atom. The van der Waals surface area contributed by atoms with E-state index in [2.05, 4.69) is 10.5 Å². The van der Waals surface area contributed by atoms with E-state index in [0.717, 1.165) is 18.3 Å². The SMILES string of the molecule is COc1cc([N+](=O)[O-])cc(/C=N/NC(=O)c2ccccc2N)c1O. The lowest BCUT2D eigenvalue weighted by molar-refractivity contribution is -0.385. The van der Waals surface area contributed by atoms with Gasteiger partial charge in [-0.1, -0.05) is 12.1 Å². The lowest BCUT2D eigenvalue weighted by atomic mass is 10.1. The molecule has 0 fully saturated rings. The third-order valence-electron chi connectivity index (χ3n) is 3.10. The van der Waals surface area contributed by atoms with Gasteiger partial charge in [-0.2, -0.15) is 5.10 Å². The molecule has 0 saturated carbocycles. The van der Waals surface area contributed by atoms with Gasteiger partial charge in [-0.25, -0.2) is 5.43 Å². The number of amides is 1. The number of anilines is 1. The molecule has 0 aliphatic heterocycles. The third-order valence-corrected chi connectivity index (χ3v) is 3.10. The molecule has 0 radical (unpaired) electrons. The van der Waals surface area contributed by atoms with E-state index >= 15 is 0 Å². The smallest absolute Gasteiger partial charge is 0.274 e. The number of nitrogen functional groups attached to an aromatic ring is 1. The predicted molar refractivity (Wildman–Crippen MR) is 87.2 cm³/mol. The lowest BCUT2D eigenvalue weighted by Gasteiger charge is -2.06. The van der Waals surface area contributed by atoms with Gasteiger partial charge in [0.15, 0.2) is 11.5 Å². The Morgan fingerprint density at radius 3 is 2.75 bits per heavy atom. The Bertz CT molecular complexity index is 820. The van der Waals surface area contributed by atoms with Gasteiger partial charge in [-0.15, -0.1) is 0 Å². The first-order valence-corrected chi connectivity index (χ1v) is 6.67. The number of nitrogens with zero attached hydrogens (tertiary/aromatic N) is 2. The van der Waals surface area contributed by atoms with Crippen LogP contribution in [0, 0.1) is 10.1 Å². The molecule has 2 aromatic rings. The van der Waals surface area contributed by atoms with Crippen molar-refractivity contribution in [1.29, 1.82) is 0 Å². The first-order valence-electron chi connectivity index (χ1n) is 6.67. The summed E-state index contributed by atoms with van der Waals surface area (Å²) in [4.78, 5) is 22.2.